The van der Waals surface area contributed by atoms with Crippen molar-refractivity contribution in [3.63, 3.8) is 0 Å². The fourth-order valence-corrected chi connectivity index (χ4v) is 3.53. The van der Waals surface area contributed by atoms with Crippen molar-refractivity contribution in [1.82, 2.24) is 4.98 Å². The summed E-state index contributed by atoms with van der Waals surface area (Å²) in [7, 11) is 0. The third-order valence-electron chi connectivity index (χ3n) is 6.20. The molecule has 1 aliphatic carbocycles. The molecule has 1 aliphatic rings. The van der Waals surface area contributed by atoms with Gasteiger partial charge in [0, 0.05) is 22.5 Å². The smallest absolute Gasteiger partial charge is 0.0775 e. The molecule has 1 aromatic heterocycles. The molecule has 1 aromatic carbocycles. The summed E-state index contributed by atoms with van der Waals surface area (Å²) in [5.74, 6) is 1.08. The highest BCUT2D eigenvalue weighted by Crippen LogP contribution is 2.36. The molecule has 0 saturated heterocycles. The van der Waals surface area contributed by atoms with Gasteiger partial charge in [-0.2, -0.15) is 0 Å². The van der Waals surface area contributed by atoms with E-state index in [9.17, 15) is 0 Å². The van der Waals surface area contributed by atoms with Gasteiger partial charge >= 0.3 is 0 Å². The predicted molar refractivity (Wildman–Crippen MR) is 181 cm³/mol. The van der Waals surface area contributed by atoms with Crippen LogP contribution in [0.15, 0.2) is 70.8 Å². The van der Waals surface area contributed by atoms with Gasteiger partial charge < -0.3 is 0 Å². The van der Waals surface area contributed by atoms with Gasteiger partial charge in [0.2, 0.25) is 0 Å². The fourth-order valence-electron chi connectivity index (χ4n) is 3.53. The Morgan fingerprint density at radius 1 is 0.821 bits per heavy atom. The molecule has 1 saturated carbocycles. The molecular weight excluding hydrogens is 472 g/mol. The highest BCUT2D eigenvalue weighted by molar-refractivity contribution is 5.99. The van der Waals surface area contributed by atoms with Crippen molar-refractivity contribution >= 4 is 18.0 Å². The van der Waals surface area contributed by atoms with Gasteiger partial charge in [-0.15, -0.1) is 0 Å². The number of unbranched alkanes of at least 4 members (excludes halogenated alkanes) is 1. The normalized spacial score (nSPS) is 12.7. The van der Waals surface area contributed by atoms with Gasteiger partial charge in [0.15, 0.2) is 0 Å². The summed E-state index contributed by atoms with van der Waals surface area (Å²) in [4.78, 5) is 8.99. The van der Waals surface area contributed by atoms with E-state index in [2.05, 4.69) is 89.1 Å². The van der Waals surface area contributed by atoms with E-state index < -0.39 is 0 Å². The van der Waals surface area contributed by atoms with Crippen LogP contribution in [0.25, 0.3) is 11.3 Å². The number of rotatable bonds is 8. The van der Waals surface area contributed by atoms with Crippen LogP contribution in [-0.4, -0.2) is 11.7 Å². The zero-order valence-electron chi connectivity index (χ0n) is 27.7. The van der Waals surface area contributed by atoms with Crippen LogP contribution in [-0.2, 0) is 0 Å². The number of aliphatic imine (C=N–C) groups is 1. The van der Waals surface area contributed by atoms with E-state index in [1.807, 2.05) is 59.7 Å². The van der Waals surface area contributed by atoms with Crippen LogP contribution in [0.5, 0.6) is 0 Å². The van der Waals surface area contributed by atoms with E-state index in [1.165, 1.54) is 42.4 Å². The van der Waals surface area contributed by atoms with Crippen molar-refractivity contribution in [3.05, 3.63) is 88.3 Å². The zero-order chi connectivity index (χ0) is 30.4. The van der Waals surface area contributed by atoms with E-state index in [4.69, 9.17) is 0 Å². The Morgan fingerprint density at radius 2 is 1.28 bits per heavy atom. The third kappa shape index (κ3) is 15.4. The van der Waals surface area contributed by atoms with Crippen molar-refractivity contribution in [1.29, 1.82) is 0 Å². The fraction of sp³-hybridized carbons (Fsp3) is 0.514. The van der Waals surface area contributed by atoms with Crippen molar-refractivity contribution < 1.29 is 0 Å². The molecule has 0 unspecified atom stereocenters. The number of benzene rings is 1. The Balaban J connectivity index is 0. The SMILES string of the molecule is C=N/C(=C(\C(C)=C(/C)C(=C)CCC)c1cc(C)nc(C)c1)c1ccccc1.CC.CC.CC1CC1.CCCC. The zero-order valence-corrected chi connectivity index (χ0v) is 27.7. The number of pyridine rings is 1. The van der Waals surface area contributed by atoms with E-state index in [0.717, 1.165) is 52.5 Å². The first-order valence-corrected chi connectivity index (χ1v) is 15.3. The average Bonchev–Trinajstić information content (AvgIpc) is 3.75. The summed E-state index contributed by atoms with van der Waals surface area (Å²) in [5.41, 5.74) is 9.73. The molecule has 2 heteroatoms. The van der Waals surface area contributed by atoms with Crippen LogP contribution in [0.2, 0.25) is 0 Å². The molecule has 1 heterocycles. The largest absolute Gasteiger partial charge is 0.263 e. The maximum Gasteiger partial charge on any atom is 0.0775 e. The second-order valence-electron chi connectivity index (χ2n) is 9.67. The standard InChI is InChI=1S/C25H30N2.C4H8.C4H10.2C2H6/c1-8-12-17(2)20(5)21(6)24(23-15-18(3)27-19(4)16-23)25(26-7)22-13-10-9-11-14-22;1-4-2-3-4;1-3-4-2;2*1-2/h9-11,13-16H,2,7-8,12H2,1,3-6H3;4H,2-3H2,1H3;3-4H2,1-2H3;2*1-2H3/b21-20+,25-24+;;;;. The molecule has 0 atom stereocenters. The number of hydrogen-bond donors (Lipinski definition) is 0. The van der Waals surface area contributed by atoms with Crippen molar-refractivity contribution in [2.75, 3.05) is 0 Å². The first-order chi connectivity index (χ1) is 18.7. The van der Waals surface area contributed by atoms with Crippen LogP contribution >= 0.6 is 0 Å². The lowest BCUT2D eigenvalue weighted by molar-refractivity contribution is 0.886. The van der Waals surface area contributed by atoms with E-state index in [0.29, 0.717) is 0 Å². The second kappa shape index (κ2) is 23.2. The Morgan fingerprint density at radius 3 is 1.64 bits per heavy atom. The van der Waals surface area contributed by atoms with E-state index >= 15 is 0 Å². The number of nitrogens with zero attached hydrogens (tertiary/aromatic N) is 2. The Labute approximate surface area is 243 Å². The summed E-state index contributed by atoms with van der Waals surface area (Å²) in [5, 5.41) is 0. The lowest BCUT2D eigenvalue weighted by atomic mass is 9.88. The molecule has 39 heavy (non-hydrogen) atoms. The van der Waals surface area contributed by atoms with Gasteiger partial charge in [-0.25, -0.2) is 0 Å². The molecule has 2 aromatic rings. The number of aryl methyl sites for hydroxylation is 2. The highest BCUT2D eigenvalue weighted by Gasteiger charge is 2.16. The molecule has 0 aliphatic heterocycles. The summed E-state index contributed by atoms with van der Waals surface area (Å²) < 4.78 is 0. The maximum absolute atomic E-state index is 4.54. The van der Waals surface area contributed by atoms with Crippen LogP contribution in [0, 0.1) is 19.8 Å². The number of aromatic nitrogens is 1. The van der Waals surface area contributed by atoms with Crippen LogP contribution in [0.4, 0.5) is 0 Å². The third-order valence-corrected chi connectivity index (χ3v) is 6.20. The predicted octanol–water partition coefficient (Wildman–Crippen LogP) is 12.2. The van der Waals surface area contributed by atoms with Gasteiger partial charge in [-0.3, -0.25) is 9.98 Å². The Bertz CT molecular complexity index is 983. The van der Waals surface area contributed by atoms with Gasteiger partial charge in [0.1, 0.15) is 0 Å². The first-order valence-electron chi connectivity index (χ1n) is 15.3. The number of hydrogen-bond acceptors (Lipinski definition) is 2. The molecule has 0 N–H and O–H groups in total. The van der Waals surface area contributed by atoms with Gasteiger partial charge in [0.05, 0.1) is 5.70 Å². The Hall–Kier alpha value is -2.74. The van der Waals surface area contributed by atoms with Crippen LogP contribution < -0.4 is 0 Å². The van der Waals surface area contributed by atoms with Gasteiger partial charge in [-0.05, 0) is 75.6 Å². The minimum absolute atomic E-state index is 0.891. The topological polar surface area (TPSA) is 25.2 Å². The quantitative estimate of drug-likeness (QED) is 0.245. The highest BCUT2D eigenvalue weighted by atomic mass is 14.7. The molecule has 0 amide bonds. The summed E-state index contributed by atoms with van der Waals surface area (Å²) in [6.45, 7) is 33.4. The second-order valence-corrected chi connectivity index (χ2v) is 9.67. The molecule has 1 fully saturated rings. The van der Waals surface area contributed by atoms with E-state index in [1.54, 1.807) is 0 Å². The van der Waals surface area contributed by atoms with E-state index in [-0.39, 0.29) is 0 Å². The van der Waals surface area contributed by atoms with Crippen LogP contribution in [0.3, 0.4) is 0 Å². The van der Waals surface area contributed by atoms with Crippen molar-refractivity contribution in [2.24, 2.45) is 10.9 Å². The van der Waals surface area contributed by atoms with Crippen molar-refractivity contribution in [2.45, 2.75) is 122 Å². The van der Waals surface area contributed by atoms with Gasteiger partial charge in [-0.1, -0.05) is 130 Å². The first kappa shape index (κ1) is 38.4. The van der Waals surface area contributed by atoms with Crippen LogP contribution in [0.1, 0.15) is 130 Å². The molecule has 2 nitrogen and oxygen atoms in total. The molecule has 0 bridgehead atoms. The maximum atomic E-state index is 4.54. The molecular formula is C37H60N2. The summed E-state index contributed by atoms with van der Waals surface area (Å²) in [6.07, 6.45) is 7.69. The van der Waals surface area contributed by atoms with Gasteiger partial charge in [0.25, 0.3) is 0 Å². The molecule has 0 radical (unpaired) electrons. The molecule has 218 valence electrons. The lowest BCUT2D eigenvalue weighted by Crippen LogP contribution is -1.99. The number of allylic oxidation sites excluding steroid dienone is 4. The average molecular weight is 533 g/mol. The minimum atomic E-state index is 0.891. The molecule has 3 rings (SSSR count). The minimum Gasteiger partial charge on any atom is -0.263 e. The molecule has 0 spiro atoms. The lowest BCUT2D eigenvalue weighted by Gasteiger charge is -2.18. The summed E-state index contributed by atoms with van der Waals surface area (Å²) >= 11 is 0. The van der Waals surface area contributed by atoms with Crippen molar-refractivity contribution in [3.8, 4) is 0 Å². The monoisotopic (exact) mass is 532 g/mol. The summed E-state index contributed by atoms with van der Waals surface area (Å²) in [6, 6.07) is 14.5. The Kier molecular flexibility index (Phi) is 22.8.